The number of non-ortho nitro benzene ring substituents is 1. The number of nitro groups is 1. The molecule has 29 heavy (non-hydrogen) atoms. The molecule has 2 heterocycles. The third-order valence-corrected chi connectivity index (χ3v) is 4.54. The van der Waals surface area contributed by atoms with Gasteiger partial charge in [-0.15, -0.1) is 0 Å². The topological polar surface area (TPSA) is 137 Å². The number of hydrogen-bond acceptors (Lipinski definition) is 9. The van der Waals surface area contributed by atoms with Crippen LogP contribution in [-0.4, -0.2) is 33.5 Å². The third kappa shape index (κ3) is 5.45. The average Bonchev–Trinajstić information content (AvgIpc) is 3.37. The lowest BCUT2D eigenvalue weighted by molar-refractivity contribution is -0.384. The van der Waals surface area contributed by atoms with Gasteiger partial charge in [0.2, 0.25) is 11.7 Å². The molecule has 150 valence electrons. The second kappa shape index (κ2) is 9.06. The molecule has 0 radical (unpaired) electrons. The van der Waals surface area contributed by atoms with Crippen molar-refractivity contribution < 1.29 is 23.8 Å². The van der Waals surface area contributed by atoms with Gasteiger partial charge in [0.05, 0.1) is 17.0 Å². The first-order valence-corrected chi connectivity index (χ1v) is 9.42. The van der Waals surface area contributed by atoms with Gasteiger partial charge in [-0.2, -0.15) is 16.3 Å². The van der Waals surface area contributed by atoms with E-state index >= 15 is 0 Å². The first kappa shape index (κ1) is 20.1. The number of amides is 1. The number of nitrogens with one attached hydrogen (secondary N) is 1. The van der Waals surface area contributed by atoms with Crippen molar-refractivity contribution in [1.82, 2.24) is 10.1 Å². The van der Waals surface area contributed by atoms with E-state index in [1.165, 1.54) is 29.5 Å². The molecule has 10 nitrogen and oxygen atoms in total. The highest BCUT2D eigenvalue weighted by molar-refractivity contribution is 7.08. The Kier molecular flexibility index (Phi) is 6.29. The molecule has 0 unspecified atom stereocenters. The molecule has 3 aromatic rings. The monoisotopic (exact) mass is 416 g/mol. The maximum atomic E-state index is 12.0. The number of nitrogens with zero attached hydrogens (tertiary/aromatic N) is 3. The van der Waals surface area contributed by atoms with E-state index < -0.39 is 23.4 Å². The Morgan fingerprint density at radius 2 is 2.17 bits per heavy atom. The van der Waals surface area contributed by atoms with Crippen molar-refractivity contribution in [2.45, 2.75) is 19.8 Å². The molecule has 0 saturated carbocycles. The Morgan fingerprint density at radius 1 is 1.34 bits per heavy atom. The van der Waals surface area contributed by atoms with E-state index in [0.717, 1.165) is 5.56 Å². The molecule has 0 aliphatic carbocycles. The highest BCUT2D eigenvalue weighted by atomic mass is 32.1. The Labute approximate surface area is 168 Å². The minimum absolute atomic E-state index is 0.0333. The molecule has 0 fully saturated rings. The van der Waals surface area contributed by atoms with Gasteiger partial charge in [0.15, 0.2) is 6.61 Å². The second-order valence-electron chi connectivity index (χ2n) is 5.99. The van der Waals surface area contributed by atoms with Gasteiger partial charge in [0, 0.05) is 29.5 Å². The summed E-state index contributed by atoms with van der Waals surface area (Å²) in [4.78, 5) is 38.3. The number of anilines is 1. The molecule has 1 N–H and O–H groups in total. The number of carbonyl (C=O) groups is 2. The third-order valence-electron chi connectivity index (χ3n) is 3.86. The van der Waals surface area contributed by atoms with Gasteiger partial charge in [0.1, 0.15) is 0 Å². The maximum absolute atomic E-state index is 12.0. The van der Waals surface area contributed by atoms with Crippen LogP contribution in [0.15, 0.2) is 39.5 Å². The standard InChI is InChI=1S/C18H16N4O6S/c1-11-2-3-13(22(25)26)8-14(11)19-15(23)9-27-17(24)5-4-16-20-18(21-28-16)12-6-7-29-10-12/h2-3,6-8,10H,4-5,9H2,1H3,(H,19,23). The van der Waals surface area contributed by atoms with E-state index in [4.69, 9.17) is 9.26 Å². The van der Waals surface area contributed by atoms with Gasteiger partial charge < -0.3 is 14.6 Å². The van der Waals surface area contributed by atoms with Crippen LogP contribution in [0.5, 0.6) is 0 Å². The van der Waals surface area contributed by atoms with E-state index in [-0.39, 0.29) is 24.2 Å². The molecule has 1 amide bonds. The molecular weight excluding hydrogens is 400 g/mol. The summed E-state index contributed by atoms with van der Waals surface area (Å²) in [5, 5.41) is 20.9. The van der Waals surface area contributed by atoms with Gasteiger partial charge in [-0.25, -0.2) is 0 Å². The van der Waals surface area contributed by atoms with Crippen molar-refractivity contribution in [3.63, 3.8) is 0 Å². The molecule has 2 aromatic heterocycles. The zero-order valence-electron chi connectivity index (χ0n) is 15.3. The van der Waals surface area contributed by atoms with Crippen LogP contribution < -0.4 is 5.32 Å². The molecule has 0 saturated heterocycles. The van der Waals surface area contributed by atoms with E-state index in [1.807, 2.05) is 16.8 Å². The normalized spacial score (nSPS) is 10.5. The van der Waals surface area contributed by atoms with E-state index in [1.54, 1.807) is 6.92 Å². The smallest absolute Gasteiger partial charge is 0.306 e. The SMILES string of the molecule is Cc1ccc([N+](=O)[O-])cc1NC(=O)COC(=O)CCc1nc(-c2ccsc2)no1. The summed E-state index contributed by atoms with van der Waals surface area (Å²) in [5.41, 5.74) is 1.62. The summed E-state index contributed by atoms with van der Waals surface area (Å²) in [6.07, 6.45) is 0.149. The van der Waals surface area contributed by atoms with Crippen molar-refractivity contribution in [2.24, 2.45) is 0 Å². The fourth-order valence-electron chi connectivity index (χ4n) is 2.34. The zero-order valence-corrected chi connectivity index (χ0v) is 16.1. The number of thiophene rings is 1. The summed E-state index contributed by atoms with van der Waals surface area (Å²) < 4.78 is 10.0. The molecular formula is C18H16N4O6S. The van der Waals surface area contributed by atoms with Crippen LogP contribution >= 0.6 is 11.3 Å². The summed E-state index contributed by atoms with van der Waals surface area (Å²) in [7, 11) is 0. The molecule has 0 spiro atoms. The van der Waals surface area contributed by atoms with Crippen molar-refractivity contribution >= 4 is 34.6 Å². The van der Waals surface area contributed by atoms with Crippen LogP contribution in [0, 0.1) is 17.0 Å². The number of ether oxygens (including phenoxy) is 1. The quantitative estimate of drug-likeness (QED) is 0.336. The molecule has 3 rings (SSSR count). The van der Waals surface area contributed by atoms with Gasteiger partial charge in [0.25, 0.3) is 11.6 Å². The first-order valence-electron chi connectivity index (χ1n) is 8.48. The number of hydrogen-bond donors (Lipinski definition) is 1. The first-order chi connectivity index (χ1) is 13.9. The zero-order chi connectivity index (χ0) is 20.8. The highest BCUT2D eigenvalue weighted by Crippen LogP contribution is 2.22. The lowest BCUT2D eigenvalue weighted by atomic mass is 10.2. The number of nitro benzene ring substituents is 1. The summed E-state index contributed by atoms with van der Waals surface area (Å²) >= 11 is 1.51. The summed E-state index contributed by atoms with van der Waals surface area (Å²) in [6, 6.07) is 5.96. The van der Waals surface area contributed by atoms with E-state index in [2.05, 4.69) is 15.5 Å². The van der Waals surface area contributed by atoms with Crippen molar-refractivity contribution in [3.05, 3.63) is 56.6 Å². The number of aryl methyl sites for hydroxylation is 2. The molecule has 0 atom stereocenters. The Morgan fingerprint density at radius 3 is 2.90 bits per heavy atom. The maximum Gasteiger partial charge on any atom is 0.306 e. The average molecular weight is 416 g/mol. The molecule has 11 heteroatoms. The van der Waals surface area contributed by atoms with Gasteiger partial charge in [-0.1, -0.05) is 11.2 Å². The van der Waals surface area contributed by atoms with Crippen LogP contribution in [0.1, 0.15) is 17.9 Å². The summed E-state index contributed by atoms with van der Waals surface area (Å²) in [6.45, 7) is 1.19. The fourth-order valence-corrected chi connectivity index (χ4v) is 2.97. The lowest BCUT2D eigenvalue weighted by Gasteiger charge is -2.08. The predicted molar refractivity (Wildman–Crippen MR) is 103 cm³/mol. The van der Waals surface area contributed by atoms with Crippen LogP contribution in [0.3, 0.4) is 0 Å². The van der Waals surface area contributed by atoms with Gasteiger partial charge >= 0.3 is 5.97 Å². The van der Waals surface area contributed by atoms with Crippen molar-refractivity contribution in [2.75, 3.05) is 11.9 Å². The molecule has 0 aliphatic heterocycles. The molecule has 1 aromatic carbocycles. The number of rotatable bonds is 8. The van der Waals surface area contributed by atoms with Crippen LogP contribution in [-0.2, 0) is 20.7 Å². The molecule has 0 aliphatic rings. The minimum atomic E-state index is -0.605. The molecule has 0 bridgehead atoms. The predicted octanol–water partition coefficient (Wildman–Crippen LogP) is 3.13. The highest BCUT2D eigenvalue weighted by Gasteiger charge is 2.14. The lowest BCUT2D eigenvalue weighted by Crippen LogP contribution is -2.21. The van der Waals surface area contributed by atoms with E-state index in [0.29, 0.717) is 17.3 Å². The van der Waals surface area contributed by atoms with Crippen molar-refractivity contribution in [3.8, 4) is 11.4 Å². The van der Waals surface area contributed by atoms with Gasteiger partial charge in [-0.05, 0) is 23.9 Å². The summed E-state index contributed by atoms with van der Waals surface area (Å²) in [5.74, 6) is -0.466. The van der Waals surface area contributed by atoms with Crippen LogP contribution in [0.4, 0.5) is 11.4 Å². The number of carbonyl (C=O) groups excluding carboxylic acids is 2. The Bertz CT molecular complexity index is 1030. The number of esters is 1. The van der Waals surface area contributed by atoms with Crippen molar-refractivity contribution in [1.29, 1.82) is 0 Å². The minimum Gasteiger partial charge on any atom is -0.456 e. The Hall–Kier alpha value is -3.60. The van der Waals surface area contributed by atoms with Gasteiger partial charge in [-0.3, -0.25) is 19.7 Å². The fraction of sp³-hybridized carbons (Fsp3) is 0.222. The van der Waals surface area contributed by atoms with E-state index in [9.17, 15) is 19.7 Å². The number of benzene rings is 1. The second-order valence-corrected chi connectivity index (χ2v) is 6.77. The van der Waals surface area contributed by atoms with Crippen LogP contribution in [0.2, 0.25) is 0 Å². The largest absolute Gasteiger partial charge is 0.456 e. The van der Waals surface area contributed by atoms with Crippen LogP contribution in [0.25, 0.3) is 11.4 Å². The Balaban J connectivity index is 1.45. The number of aromatic nitrogens is 2.